The third-order valence-electron chi connectivity index (χ3n) is 3.78. The third-order valence-corrected chi connectivity index (χ3v) is 3.78. The molecule has 4 heteroatoms. The molecule has 1 aliphatic carbocycles. The molecule has 2 rings (SSSR count). The molecular weight excluding hydrogens is 240 g/mol. The standard InChI is InChI=1S/C15H22N2O2/c1-11-4-3-5-12(7-6-11)17-13-8-9-16-14(10-13)15(18)19-2/h8-12H,3-7H2,1-2H3,(H,16,17). The van der Waals surface area contributed by atoms with Crippen molar-refractivity contribution in [1.82, 2.24) is 4.98 Å². The summed E-state index contributed by atoms with van der Waals surface area (Å²) in [6, 6.07) is 4.17. The van der Waals surface area contributed by atoms with Crippen molar-refractivity contribution in [3.05, 3.63) is 24.0 Å². The first kappa shape index (κ1) is 13.8. The van der Waals surface area contributed by atoms with Crippen molar-refractivity contribution in [1.29, 1.82) is 0 Å². The number of carbonyl (C=O) groups is 1. The lowest BCUT2D eigenvalue weighted by Crippen LogP contribution is -2.19. The van der Waals surface area contributed by atoms with E-state index in [0.29, 0.717) is 11.7 Å². The van der Waals surface area contributed by atoms with Gasteiger partial charge in [-0.25, -0.2) is 9.78 Å². The first-order valence-corrected chi connectivity index (χ1v) is 7.00. The fourth-order valence-electron chi connectivity index (χ4n) is 2.60. The minimum absolute atomic E-state index is 0.356. The predicted octanol–water partition coefficient (Wildman–Crippen LogP) is 3.25. The maximum atomic E-state index is 11.4. The number of ether oxygens (including phenoxy) is 1. The Morgan fingerprint density at radius 2 is 2.21 bits per heavy atom. The number of nitrogens with zero attached hydrogens (tertiary/aromatic N) is 1. The second-order valence-electron chi connectivity index (χ2n) is 5.38. The normalized spacial score (nSPS) is 23.5. The lowest BCUT2D eigenvalue weighted by atomic mass is 10.0. The van der Waals surface area contributed by atoms with Crippen molar-refractivity contribution in [2.24, 2.45) is 5.92 Å². The molecule has 1 heterocycles. The van der Waals surface area contributed by atoms with Gasteiger partial charge < -0.3 is 10.1 Å². The highest BCUT2D eigenvalue weighted by Gasteiger charge is 2.16. The molecule has 0 radical (unpaired) electrons. The molecule has 1 saturated carbocycles. The second kappa shape index (κ2) is 6.55. The summed E-state index contributed by atoms with van der Waals surface area (Å²) >= 11 is 0. The number of nitrogens with one attached hydrogen (secondary N) is 1. The van der Waals surface area contributed by atoms with E-state index in [4.69, 9.17) is 0 Å². The van der Waals surface area contributed by atoms with E-state index in [9.17, 15) is 4.79 Å². The van der Waals surface area contributed by atoms with Gasteiger partial charge in [0.2, 0.25) is 0 Å². The van der Waals surface area contributed by atoms with Crippen molar-refractivity contribution >= 4 is 11.7 Å². The summed E-state index contributed by atoms with van der Waals surface area (Å²) < 4.78 is 4.69. The van der Waals surface area contributed by atoms with Gasteiger partial charge in [-0.2, -0.15) is 0 Å². The molecule has 1 N–H and O–H groups in total. The minimum atomic E-state index is -0.391. The Bertz CT molecular complexity index is 434. The van der Waals surface area contributed by atoms with Crippen molar-refractivity contribution < 1.29 is 9.53 Å². The molecule has 0 spiro atoms. The van der Waals surface area contributed by atoms with E-state index in [1.165, 1.54) is 39.2 Å². The van der Waals surface area contributed by atoms with Crippen LogP contribution in [0.2, 0.25) is 0 Å². The Kier molecular flexibility index (Phi) is 4.77. The molecule has 1 fully saturated rings. The number of anilines is 1. The average molecular weight is 262 g/mol. The summed E-state index contributed by atoms with van der Waals surface area (Å²) in [5, 5.41) is 3.51. The Labute approximate surface area is 114 Å². The van der Waals surface area contributed by atoms with Crippen LogP contribution in [0, 0.1) is 5.92 Å². The van der Waals surface area contributed by atoms with E-state index >= 15 is 0 Å². The van der Waals surface area contributed by atoms with Crippen LogP contribution in [-0.2, 0) is 4.74 Å². The fourth-order valence-corrected chi connectivity index (χ4v) is 2.60. The third kappa shape index (κ3) is 3.94. The molecule has 0 bridgehead atoms. The van der Waals surface area contributed by atoms with E-state index in [0.717, 1.165) is 11.6 Å². The van der Waals surface area contributed by atoms with Gasteiger partial charge in [0.05, 0.1) is 7.11 Å². The number of aromatic nitrogens is 1. The molecular formula is C15H22N2O2. The zero-order valence-electron chi connectivity index (χ0n) is 11.7. The monoisotopic (exact) mass is 262 g/mol. The van der Waals surface area contributed by atoms with E-state index < -0.39 is 5.97 Å². The van der Waals surface area contributed by atoms with Crippen molar-refractivity contribution in [2.75, 3.05) is 12.4 Å². The minimum Gasteiger partial charge on any atom is -0.464 e. The van der Waals surface area contributed by atoms with Crippen LogP contribution in [0.4, 0.5) is 5.69 Å². The van der Waals surface area contributed by atoms with E-state index in [1.807, 2.05) is 6.07 Å². The lowest BCUT2D eigenvalue weighted by Gasteiger charge is -2.18. The summed E-state index contributed by atoms with van der Waals surface area (Å²) in [7, 11) is 1.37. The SMILES string of the molecule is COC(=O)c1cc(NC2CCCC(C)CC2)ccn1. The molecule has 2 unspecified atom stereocenters. The van der Waals surface area contributed by atoms with Gasteiger partial charge in [-0.15, -0.1) is 0 Å². The molecule has 0 aliphatic heterocycles. The van der Waals surface area contributed by atoms with E-state index in [-0.39, 0.29) is 0 Å². The van der Waals surface area contributed by atoms with E-state index in [2.05, 4.69) is 22.0 Å². The number of esters is 1. The van der Waals surface area contributed by atoms with Gasteiger partial charge in [0.1, 0.15) is 5.69 Å². The number of hydrogen-bond donors (Lipinski definition) is 1. The van der Waals surface area contributed by atoms with Crippen LogP contribution >= 0.6 is 0 Å². The van der Waals surface area contributed by atoms with Crippen LogP contribution in [0.25, 0.3) is 0 Å². The maximum absolute atomic E-state index is 11.4. The topological polar surface area (TPSA) is 51.2 Å². The van der Waals surface area contributed by atoms with Crippen LogP contribution in [0.1, 0.15) is 49.5 Å². The van der Waals surface area contributed by atoms with Crippen LogP contribution in [0.15, 0.2) is 18.3 Å². The van der Waals surface area contributed by atoms with E-state index in [1.54, 1.807) is 12.3 Å². The highest BCUT2D eigenvalue weighted by Crippen LogP contribution is 2.25. The Morgan fingerprint density at radius 1 is 1.37 bits per heavy atom. The molecule has 1 aliphatic rings. The Morgan fingerprint density at radius 3 is 3.00 bits per heavy atom. The van der Waals surface area contributed by atoms with Gasteiger partial charge in [-0.3, -0.25) is 0 Å². The predicted molar refractivity (Wildman–Crippen MR) is 75.2 cm³/mol. The molecule has 0 amide bonds. The molecule has 19 heavy (non-hydrogen) atoms. The number of methoxy groups -OCH3 is 1. The first-order valence-electron chi connectivity index (χ1n) is 7.00. The highest BCUT2D eigenvalue weighted by atomic mass is 16.5. The van der Waals surface area contributed by atoms with Gasteiger partial charge in [-0.05, 0) is 37.3 Å². The fraction of sp³-hybridized carbons (Fsp3) is 0.600. The summed E-state index contributed by atoms with van der Waals surface area (Å²) in [5.74, 6) is 0.438. The highest BCUT2D eigenvalue weighted by molar-refractivity contribution is 5.88. The number of rotatable bonds is 3. The van der Waals surface area contributed by atoms with Crippen LogP contribution in [-0.4, -0.2) is 24.1 Å². The molecule has 104 valence electrons. The summed E-state index contributed by atoms with van der Waals surface area (Å²) in [6.07, 6.45) is 7.90. The van der Waals surface area contributed by atoms with Gasteiger partial charge in [0.25, 0.3) is 0 Å². The molecule has 2 atom stereocenters. The van der Waals surface area contributed by atoms with Gasteiger partial charge in [-0.1, -0.05) is 19.8 Å². The molecule has 0 aromatic carbocycles. The lowest BCUT2D eigenvalue weighted by molar-refractivity contribution is 0.0594. The van der Waals surface area contributed by atoms with Crippen molar-refractivity contribution in [3.63, 3.8) is 0 Å². The summed E-state index contributed by atoms with van der Waals surface area (Å²) in [5.41, 5.74) is 1.31. The van der Waals surface area contributed by atoms with Crippen molar-refractivity contribution in [2.45, 2.75) is 45.1 Å². The molecule has 0 saturated heterocycles. The average Bonchev–Trinajstić information content (AvgIpc) is 2.63. The second-order valence-corrected chi connectivity index (χ2v) is 5.38. The maximum Gasteiger partial charge on any atom is 0.356 e. The van der Waals surface area contributed by atoms with Gasteiger partial charge in [0, 0.05) is 17.9 Å². The summed E-state index contributed by atoms with van der Waals surface area (Å²) in [6.45, 7) is 2.32. The smallest absolute Gasteiger partial charge is 0.356 e. The van der Waals surface area contributed by atoms with Gasteiger partial charge in [0.15, 0.2) is 0 Å². The van der Waals surface area contributed by atoms with Crippen molar-refractivity contribution in [3.8, 4) is 0 Å². The Balaban J connectivity index is 2.00. The molecule has 1 aromatic heterocycles. The van der Waals surface area contributed by atoms with Crippen LogP contribution < -0.4 is 5.32 Å². The molecule has 4 nitrogen and oxygen atoms in total. The largest absolute Gasteiger partial charge is 0.464 e. The summed E-state index contributed by atoms with van der Waals surface area (Å²) in [4.78, 5) is 15.5. The molecule has 1 aromatic rings. The van der Waals surface area contributed by atoms with Gasteiger partial charge >= 0.3 is 5.97 Å². The Hall–Kier alpha value is -1.58. The van der Waals surface area contributed by atoms with Crippen LogP contribution in [0.3, 0.4) is 0 Å². The quantitative estimate of drug-likeness (QED) is 0.671. The van der Waals surface area contributed by atoms with Crippen LogP contribution in [0.5, 0.6) is 0 Å². The zero-order chi connectivity index (χ0) is 13.7. The first-order chi connectivity index (χ1) is 9.19. The zero-order valence-corrected chi connectivity index (χ0v) is 11.7. The number of carbonyl (C=O) groups excluding carboxylic acids is 1. The number of hydrogen-bond acceptors (Lipinski definition) is 4. The number of pyridine rings is 1.